The van der Waals surface area contributed by atoms with Gasteiger partial charge in [0.1, 0.15) is 22.3 Å². The summed E-state index contributed by atoms with van der Waals surface area (Å²) in [7, 11) is 0. The summed E-state index contributed by atoms with van der Waals surface area (Å²) in [6, 6.07) is 184. The molecule has 6 heteroatoms. The van der Waals surface area contributed by atoms with E-state index in [0.717, 1.165) is 151 Å². The van der Waals surface area contributed by atoms with Crippen LogP contribution in [0, 0.1) is 0 Å². The van der Waals surface area contributed by atoms with Crippen LogP contribution in [-0.2, 0) is 0 Å². The molecule has 25 rings (SSSR count). The van der Waals surface area contributed by atoms with E-state index in [1.165, 1.54) is 82.6 Å². The van der Waals surface area contributed by atoms with Crippen molar-refractivity contribution in [1.29, 1.82) is 0 Å². The van der Waals surface area contributed by atoms with Crippen LogP contribution in [0.3, 0.4) is 0 Å². The van der Waals surface area contributed by atoms with Crippen molar-refractivity contribution in [3.05, 3.63) is 510 Å². The topological polar surface area (TPSA) is 42.6 Å². The molecule has 4 aromatic heterocycles. The van der Waals surface area contributed by atoms with Gasteiger partial charge in [-0.2, -0.15) is 0 Å². The Bertz CT molecular complexity index is 8500. The third-order valence-corrected chi connectivity index (χ3v) is 25.9. The Kier molecular flexibility index (Phi) is 19.9. The van der Waals surface area contributed by atoms with Gasteiger partial charge in [0.15, 0.2) is 0 Å². The zero-order valence-electron chi connectivity index (χ0n) is 72.1. The predicted molar refractivity (Wildman–Crippen MR) is 554 cm³/mol. The maximum absolute atomic E-state index is 6.28. The van der Waals surface area contributed by atoms with Crippen molar-refractivity contribution in [3.63, 3.8) is 0 Å². The fourth-order valence-electron chi connectivity index (χ4n) is 19.5. The van der Waals surface area contributed by atoms with Gasteiger partial charge in [0, 0.05) is 88.6 Å². The zero-order chi connectivity index (χ0) is 87.4. The van der Waals surface area contributed by atoms with Gasteiger partial charge in [0.25, 0.3) is 0 Å². The van der Waals surface area contributed by atoms with Crippen LogP contribution >= 0.6 is 0 Å². The second kappa shape index (κ2) is 33.6. The molecule has 0 radical (unpaired) electrons. The number of benzene rings is 21. The number of nitrogens with zero attached hydrogens (tertiary/aromatic N) is 4. The number of para-hydroxylation sites is 7. The van der Waals surface area contributed by atoms with E-state index in [0.29, 0.717) is 0 Å². The van der Waals surface area contributed by atoms with Gasteiger partial charge in [-0.15, -0.1) is 0 Å². The number of hydrogen-bond acceptors (Lipinski definition) is 4. The van der Waals surface area contributed by atoms with E-state index >= 15 is 0 Å². The molecule has 0 unspecified atom stereocenters. The van der Waals surface area contributed by atoms with Crippen LogP contribution in [0.15, 0.2) is 518 Å². The number of anilines is 6. The Morgan fingerprint density at radius 1 is 0.129 bits per heavy atom. The standard InChI is InChI=1S/C66H44N2O.C60H40N2O/c1-4-14-45(15-5-1)47-24-32-56(33-25-47)67(57-34-26-48(27-35-57)46-16-6-2-7-17-46)58-36-28-49(29-37-58)52-40-53(42-54(41-52)51-31-39-66-62(44-51)60-21-11-13-23-65(60)69-66)50-30-38-64-61(43-50)59-20-10-12-22-63(59)68(64)55-18-8-3-9-19-55;1-4-15-41(16-5-1)43-17-14-22-52(38-43)61(49-18-6-2-7-19-49)51-31-27-42(28-32-51)46-35-47(37-48(36-46)45-30-34-60-56(40-45)54-24-11-13-26-59(54)63-60)44-29-33-58-55(39-44)53-23-10-12-25-57(53)62(58)50-20-8-3-9-21-50/h1-44H;1-40H. The molecule has 0 atom stereocenters. The summed E-state index contributed by atoms with van der Waals surface area (Å²) in [5.41, 5.74) is 38.1. The van der Waals surface area contributed by atoms with Crippen LogP contribution in [0.4, 0.5) is 34.1 Å². The highest BCUT2D eigenvalue weighted by atomic mass is 16.3. The lowest BCUT2D eigenvalue weighted by atomic mass is 9.92. The zero-order valence-corrected chi connectivity index (χ0v) is 72.1. The molecule has 0 aliphatic heterocycles. The normalized spacial score (nSPS) is 11.5. The maximum atomic E-state index is 6.28. The van der Waals surface area contributed by atoms with E-state index in [2.05, 4.69) is 504 Å². The van der Waals surface area contributed by atoms with Crippen molar-refractivity contribution >= 4 is 122 Å². The highest BCUT2D eigenvalue weighted by Gasteiger charge is 2.23. The molecular formula is C126H84N4O2. The minimum absolute atomic E-state index is 0.890. The molecule has 0 bridgehead atoms. The first-order valence-electron chi connectivity index (χ1n) is 45.0. The lowest BCUT2D eigenvalue weighted by Crippen LogP contribution is -2.09. The van der Waals surface area contributed by atoms with Gasteiger partial charge in [-0.1, -0.05) is 303 Å². The molecule has 21 aromatic carbocycles. The summed E-state index contributed by atoms with van der Waals surface area (Å²) < 4.78 is 17.3. The summed E-state index contributed by atoms with van der Waals surface area (Å²) in [5, 5.41) is 9.40. The van der Waals surface area contributed by atoms with Gasteiger partial charge < -0.3 is 27.8 Å². The monoisotopic (exact) mass is 1680 g/mol. The second-order valence-corrected chi connectivity index (χ2v) is 33.9. The minimum Gasteiger partial charge on any atom is -0.456 e. The molecule has 0 aliphatic carbocycles. The molecule has 0 N–H and O–H groups in total. The molecule has 6 nitrogen and oxygen atoms in total. The summed E-state index contributed by atoms with van der Waals surface area (Å²) >= 11 is 0. The largest absolute Gasteiger partial charge is 0.456 e. The first-order valence-corrected chi connectivity index (χ1v) is 45.0. The molecule has 132 heavy (non-hydrogen) atoms. The third kappa shape index (κ3) is 14.7. The van der Waals surface area contributed by atoms with Crippen molar-refractivity contribution in [1.82, 2.24) is 9.13 Å². The van der Waals surface area contributed by atoms with Gasteiger partial charge in [-0.25, -0.2) is 0 Å². The molecule has 0 aliphatic rings. The number of rotatable bonds is 17. The Hall–Kier alpha value is -17.6. The summed E-state index contributed by atoms with van der Waals surface area (Å²) in [4.78, 5) is 4.68. The van der Waals surface area contributed by atoms with E-state index in [1.807, 2.05) is 24.3 Å². The lowest BCUT2D eigenvalue weighted by Gasteiger charge is -2.26. The Balaban J connectivity index is 0.000000146. The van der Waals surface area contributed by atoms with Gasteiger partial charge >= 0.3 is 0 Å². The Labute approximate surface area is 765 Å². The number of furan rings is 2. The van der Waals surface area contributed by atoms with Crippen LogP contribution in [0.2, 0.25) is 0 Å². The van der Waals surface area contributed by atoms with Gasteiger partial charge in [0.05, 0.1) is 22.1 Å². The van der Waals surface area contributed by atoms with Crippen molar-refractivity contribution in [2.45, 2.75) is 0 Å². The molecule has 0 fully saturated rings. The SMILES string of the molecule is c1ccc(-c2ccc(N(c3ccc(-c4ccccc4)cc3)c3ccc(-c4cc(-c5ccc6oc7ccccc7c6c5)cc(-c5ccc6c(c5)c5ccccc5n6-c5ccccc5)c4)cc3)cc2)cc1.c1ccc(-c2cccc(N(c3ccccc3)c3ccc(-c4cc(-c5ccc6oc7ccccc7c6c5)cc(-c5ccc6c(c5)c5ccccc5n6-c5ccccc5)c4)cc3)c2)cc1. The first kappa shape index (κ1) is 77.9. The van der Waals surface area contributed by atoms with E-state index in [4.69, 9.17) is 8.83 Å². The molecule has 0 saturated carbocycles. The average molecular weight is 1690 g/mol. The molecule has 0 amide bonds. The van der Waals surface area contributed by atoms with Crippen LogP contribution < -0.4 is 9.80 Å². The summed E-state index contributed by atoms with van der Waals surface area (Å²) in [6.07, 6.45) is 0. The minimum atomic E-state index is 0.890. The quantitative estimate of drug-likeness (QED) is 0.0911. The van der Waals surface area contributed by atoms with Crippen molar-refractivity contribution < 1.29 is 8.83 Å². The van der Waals surface area contributed by atoms with Crippen molar-refractivity contribution in [3.8, 4) is 112 Å². The van der Waals surface area contributed by atoms with Crippen molar-refractivity contribution in [2.75, 3.05) is 9.80 Å². The number of fused-ring (bicyclic) bond motifs is 12. The molecule has 0 saturated heterocycles. The molecule has 4 heterocycles. The molecule has 620 valence electrons. The van der Waals surface area contributed by atoms with Gasteiger partial charge in [0.2, 0.25) is 0 Å². The second-order valence-electron chi connectivity index (χ2n) is 33.9. The highest BCUT2D eigenvalue weighted by Crippen LogP contribution is 2.47. The first-order chi connectivity index (χ1) is 65.4. The summed E-state index contributed by atoms with van der Waals surface area (Å²) in [6.45, 7) is 0. The van der Waals surface area contributed by atoms with Crippen LogP contribution in [0.1, 0.15) is 0 Å². The smallest absolute Gasteiger partial charge is 0.135 e. The van der Waals surface area contributed by atoms with Crippen LogP contribution in [0.5, 0.6) is 0 Å². The molecule has 0 spiro atoms. The molecular weight excluding hydrogens is 1600 g/mol. The van der Waals surface area contributed by atoms with Gasteiger partial charge in [-0.3, -0.25) is 0 Å². The highest BCUT2D eigenvalue weighted by molar-refractivity contribution is 6.13. The van der Waals surface area contributed by atoms with Crippen LogP contribution in [0.25, 0.3) is 199 Å². The van der Waals surface area contributed by atoms with Crippen LogP contribution in [-0.4, -0.2) is 9.13 Å². The fourth-order valence-corrected chi connectivity index (χ4v) is 19.5. The maximum Gasteiger partial charge on any atom is 0.135 e. The summed E-state index contributed by atoms with van der Waals surface area (Å²) in [5.74, 6) is 0. The van der Waals surface area contributed by atoms with E-state index < -0.39 is 0 Å². The number of hydrogen-bond donors (Lipinski definition) is 0. The Morgan fingerprint density at radius 2 is 0.364 bits per heavy atom. The van der Waals surface area contributed by atoms with Gasteiger partial charge in [-0.05, 0) is 306 Å². The lowest BCUT2D eigenvalue weighted by molar-refractivity contribution is 0.668. The fraction of sp³-hybridized carbons (Fsp3) is 0. The predicted octanol–water partition coefficient (Wildman–Crippen LogP) is 35.3. The van der Waals surface area contributed by atoms with E-state index in [1.54, 1.807) is 0 Å². The average Bonchev–Trinajstić information content (AvgIpc) is 1.60. The molecule has 25 aromatic rings. The van der Waals surface area contributed by atoms with E-state index in [9.17, 15) is 0 Å². The third-order valence-electron chi connectivity index (χ3n) is 25.9. The Morgan fingerprint density at radius 3 is 0.750 bits per heavy atom. The van der Waals surface area contributed by atoms with Crippen molar-refractivity contribution in [2.24, 2.45) is 0 Å². The number of aromatic nitrogens is 2. The van der Waals surface area contributed by atoms with E-state index in [-0.39, 0.29) is 0 Å².